The van der Waals surface area contributed by atoms with Crippen LogP contribution in [-0.4, -0.2) is 10.9 Å². The third kappa shape index (κ3) is 3.14. The van der Waals surface area contributed by atoms with Gasteiger partial charge in [0.05, 0.1) is 11.6 Å². The molecular formula is C12H11BrN2OS. The number of carbonyl (C=O) groups is 1. The minimum absolute atomic E-state index is 0.0303. The van der Waals surface area contributed by atoms with Crippen LogP contribution < -0.4 is 5.32 Å². The number of amides is 1. The summed E-state index contributed by atoms with van der Waals surface area (Å²) in [5.41, 5.74) is 3.19. The third-order valence-corrected chi connectivity index (χ3v) is 3.50. The zero-order valence-corrected chi connectivity index (χ0v) is 11.6. The van der Waals surface area contributed by atoms with Crippen LogP contribution in [-0.2, 0) is 0 Å². The predicted molar refractivity (Wildman–Crippen MR) is 72.1 cm³/mol. The lowest BCUT2D eigenvalue weighted by atomic mass is 10.1. The number of nitrogens with zero attached hydrogens (tertiary/aromatic N) is 1. The highest BCUT2D eigenvalue weighted by molar-refractivity contribution is 9.10. The van der Waals surface area contributed by atoms with Gasteiger partial charge < -0.3 is 5.32 Å². The number of thiazole rings is 1. The van der Waals surface area contributed by atoms with Crippen molar-refractivity contribution in [3.8, 4) is 0 Å². The second-order valence-electron chi connectivity index (χ2n) is 3.62. The van der Waals surface area contributed by atoms with Crippen molar-refractivity contribution in [2.75, 3.05) is 0 Å². The third-order valence-electron chi connectivity index (χ3n) is 2.38. The van der Waals surface area contributed by atoms with Gasteiger partial charge in [-0.15, -0.1) is 11.3 Å². The largest absolute Gasteiger partial charge is 0.344 e. The Labute approximate surface area is 112 Å². The second-order valence-corrected chi connectivity index (χ2v) is 5.25. The maximum Gasteiger partial charge on any atom is 0.271 e. The summed E-state index contributed by atoms with van der Waals surface area (Å²) in [6, 6.07) is 7.85. The van der Waals surface area contributed by atoms with Gasteiger partial charge in [-0.1, -0.05) is 28.1 Å². The van der Waals surface area contributed by atoms with E-state index in [0.29, 0.717) is 5.69 Å². The molecule has 2 aromatic rings. The summed E-state index contributed by atoms with van der Waals surface area (Å²) in [4.78, 5) is 15.8. The molecule has 88 valence electrons. The van der Waals surface area contributed by atoms with E-state index in [-0.39, 0.29) is 11.9 Å². The summed E-state index contributed by atoms with van der Waals surface area (Å²) in [6.07, 6.45) is 0. The predicted octanol–water partition coefficient (Wildman–Crippen LogP) is 3.40. The van der Waals surface area contributed by atoms with Gasteiger partial charge in [0.1, 0.15) is 5.69 Å². The molecular weight excluding hydrogens is 300 g/mol. The molecule has 17 heavy (non-hydrogen) atoms. The molecule has 1 aromatic carbocycles. The van der Waals surface area contributed by atoms with E-state index in [0.717, 1.165) is 10.0 Å². The first-order valence-corrected chi connectivity index (χ1v) is 6.85. The quantitative estimate of drug-likeness (QED) is 0.944. The zero-order chi connectivity index (χ0) is 12.3. The molecule has 2 rings (SSSR count). The zero-order valence-electron chi connectivity index (χ0n) is 9.18. The lowest BCUT2D eigenvalue weighted by Crippen LogP contribution is -2.26. The molecule has 1 heterocycles. The minimum Gasteiger partial charge on any atom is -0.344 e. The van der Waals surface area contributed by atoms with Crippen LogP contribution in [0.4, 0.5) is 0 Å². The van der Waals surface area contributed by atoms with E-state index in [1.807, 2.05) is 31.2 Å². The van der Waals surface area contributed by atoms with Gasteiger partial charge in [-0.2, -0.15) is 0 Å². The van der Waals surface area contributed by atoms with Crippen LogP contribution >= 0.6 is 27.3 Å². The lowest BCUT2D eigenvalue weighted by Gasteiger charge is -2.13. The van der Waals surface area contributed by atoms with E-state index in [1.54, 1.807) is 10.9 Å². The topological polar surface area (TPSA) is 42.0 Å². The van der Waals surface area contributed by atoms with E-state index in [4.69, 9.17) is 0 Å². The number of rotatable bonds is 3. The van der Waals surface area contributed by atoms with E-state index < -0.39 is 0 Å². The summed E-state index contributed by atoms with van der Waals surface area (Å²) in [5.74, 6) is -0.137. The number of hydrogen-bond donors (Lipinski definition) is 1. The maximum atomic E-state index is 11.8. The number of benzene rings is 1. The first-order chi connectivity index (χ1) is 8.16. The molecule has 0 aliphatic rings. The van der Waals surface area contributed by atoms with Gasteiger partial charge in [0, 0.05) is 9.85 Å². The number of aromatic nitrogens is 1. The van der Waals surface area contributed by atoms with Gasteiger partial charge in [-0.3, -0.25) is 4.79 Å². The maximum absolute atomic E-state index is 11.8. The number of halogens is 1. The van der Waals surface area contributed by atoms with E-state index >= 15 is 0 Å². The summed E-state index contributed by atoms with van der Waals surface area (Å²) in [6.45, 7) is 1.95. The smallest absolute Gasteiger partial charge is 0.271 e. The Morgan fingerprint density at radius 2 is 2.12 bits per heavy atom. The van der Waals surface area contributed by atoms with E-state index in [2.05, 4.69) is 26.2 Å². The number of carbonyl (C=O) groups excluding carboxylic acids is 1. The highest BCUT2D eigenvalue weighted by Crippen LogP contribution is 2.16. The normalized spacial score (nSPS) is 12.1. The highest BCUT2D eigenvalue weighted by atomic mass is 79.9. The molecule has 1 N–H and O–H groups in total. The molecule has 0 aliphatic carbocycles. The molecule has 0 spiro atoms. The van der Waals surface area contributed by atoms with Crippen LogP contribution in [0.1, 0.15) is 29.0 Å². The summed E-state index contributed by atoms with van der Waals surface area (Å²) >= 11 is 4.80. The molecule has 1 unspecified atom stereocenters. The van der Waals surface area contributed by atoms with Crippen LogP contribution in [0.3, 0.4) is 0 Å². The van der Waals surface area contributed by atoms with Crippen LogP contribution in [0, 0.1) is 0 Å². The monoisotopic (exact) mass is 310 g/mol. The molecule has 0 saturated heterocycles. The Morgan fingerprint density at radius 1 is 1.41 bits per heavy atom. The average Bonchev–Trinajstić information content (AvgIpc) is 2.83. The Bertz CT molecular complexity index is 496. The van der Waals surface area contributed by atoms with Crippen molar-refractivity contribution in [2.24, 2.45) is 0 Å². The van der Waals surface area contributed by atoms with E-state index in [9.17, 15) is 4.79 Å². The van der Waals surface area contributed by atoms with Crippen LogP contribution in [0.15, 0.2) is 39.6 Å². The molecule has 5 heteroatoms. The van der Waals surface area contributed by atoms with Gasteiger partial charge in [0.2, 0.25) is 0 Å². The van der Waals surface area contributed by atoms with Crippen molar-refractivity contribution in [2.45, 2.75) is 13.0 Å². The minimum atomic E-state index is -0.137. The molecule has 1 atom stereocenters. The van der Waals surface area contributed by atoms with Gasteiger partial charge in [-0.25, -0.2) is 4.98 Å². The van der Waals surface area contributed by atoms with Gasteiger partial charge in [-0.05, 0) is 24.6 Å². The van der Waals surface area contributed by atoms with Crippen molar-refractivity contribution >= 4 is 33.2 Å². The second kappa shape index (κ2) is 5.42. The molecule has 0 radical (unpaired) electrons. The fourth-order valence-electron chi connectivity index (χ4n) is 1.43. The number of hydrogen-bond acceptors (Lipinski definition) is 3. The SMILES string of the molecule is CC(NC(=O)c1cscn1)c1ccc(Br)cc1. The Morgan fingerprint density at radius 3 is 2.71 bits per heavy atom. The fraction of sp³-hybridized carbons (Fsp3) is 0.167. The van der Waals surface area contributed by atoms with Crippen LogP contribution in [0.5, 0.6) is 0 Å². The van der Waals surface area contributed by atoms with Crippen molar-refractivity contribution in [3.05, 3.63) is 50.9 Å². The van der Waals surface area contributed by atoms with Crippen molar-refractivity contribution in [3.63, 3.8) is 0 Å². The molecule has 1 aromatic heterocycles. The molecule has 3 nitrogen and oxygen atoms in total. The Kier molecular flexibility index (Phi) is 3.91. The highest BCUT2D eigenvalue weighted by Gasteiger charge is 2.12. The summed E-state index contributed by atoms with van der Waals surface area (Å²) in [5, 5.41) is 4.65. The number of nitrogens with one attached hydrogen (secondary N) is 1. The van der Waals surface area contributed by atoms with Gasteiger partial charge >= 0.3 is 0 Å². The first kappa shape index (κ1) is 12.3. The van der Waals surface area contributed by atoms with Crippen molar-refractivity contribution < 1.29 is 4.79 Å². The van der Waals surface area contributed by atoms with Gasteiger partial charge in [0.15, 0.2) is 0 Å². The Balaban J connectivity index is 2.04. The first-order valence-electron chi connectivity index (χ1n) is 5.11. The molecule has 0 saturated carbocycles. The van der Waals surface area contributed by atoms with Crippen LogP contribution in [0.2, 0.25) is 0 Å². The molecule has 1 amide bonds. The lowest BCUT2D eigenvalue weighted by molar-refractivity contribution is 0.0935. The summed E-state index contributed by atoms with van der Waals surface area (Å²) < 4.78 is 1.03. The molecule has 0 aliphatic heterocycles. The average molecular weight is 311 g/mol. The van der Waals surface area contributed by atoms with Gasteiger partial charge in [0.25, 0.3) is 5.91 Å². The van der Waals surface area contributed by atoms with E-state index in [1.165, 1.54) is 11.3 Å². The van der Waals surface area contributed by atoms with Crippen molar-refractivity contribution in [1.82, 2.24) is 10.3 Å². The fourth-order valence-corrected chi connectivity index (χ4v) is 2.23. The van der Waals surface area contributed by atoms with Crippen LogP contribution in [0.25, 0.3) is 0 Å². The summed E-state index contributed by atoms with van der Waals surface area (Å²) in [7, 11) is 0. The molecule has 0 fully saturated rings. The molecule has 0 bridgehead atoms. The standard InChI is InChI=1S/C12H11BrN2OS/c1-8(9-2-4-10(13)5-3-9)15-12(16)11-6-17-7-14-11/h2-8H,1H3,(H,15,16). The van der Waals surface area contributed by atoms with Crippen molar-refractivity contribution in [1.29, 1.82) is 0 Å². The Hall–Kier alpha value is -1.20.